The van der Waals surface area contributed by atoms with Crippen LogP contribution in [0.3, 0.4) is 0 Å². The van der Waals surface area contributed by atoms with Crippen LogP contribution < -0.4 is 15.2 Å². The Balaban J connectivity index is 1.72. The molecular formula is C18H28N2O3S. The Labute approximate surface area is 148 Å². The van der Waals surface area contributed by atoms with Crippen molar-refractivity contribution in [2.75, 3.05) is 32.6 Å². The van der Waals surface area contributed by atoms with E-state index in [0.717, 1.165) is 28.6 Å². The SMILES string of the molecule is CC(C)C(N)CCN(C)C(=O)CCSc1ccc2c(c1)OCCO2. The molecule has 1 atom stereocenters. The van der Waals surface area contributed by atoms with Crippen molar-refractivity contribution in [1.29, 1.82) is 0 Å². The van der Waals surface area contributed by atoms with Crippen LogP contribution >= 0.6 is 11.8 Å². The highest BCUT2D eigenvalue weighted by Gasteiger charge is 2.14. The van der Waals surface area contributed by atoms with Crippen molar-refractivity contribution in [3.05, 3.63) is 18.2 Å². The zero-order valence-corrected chi connectivity index (χ0v) is 15.6. The molecule has 0 aromatic heterocycles. The number of nitrogens with two attached hydrogens (primary N) is 1. The van der Waals surface area contributed by atoms with E-state index in [9.17, 15) is 4.79 Å². The zero-order chi connectivity index (χ0) is 17.5. The number of amides is 1. The van der Waals surface area contributed by atoms with Crippen molar-refractivity contribution in [3.8, 4) is 11.5 Å². The van der Waals surface area contributed by atoms with Gasteiger partial charge >= 0.3 is 0 Å². The van der Waals surface area contributed by atoms with E-state index in [1.54, 1.807) is 16.7 Å². The van der Waals surface area contributed by atoms with Crippen LogP contribution in [0.15, 0.2) is 23.1 Å². The molecule has 1 aromatic rings. The number of fused-ring (bicyclic) bond motifs is 1. The lowest BCUT2D eigenvalue weighted by atomic mass is 10.0. The van der Waals surface area contributed by atoms with Gasteiger partial charge in [-0.2, -0.15) is 0 Å². The quantitative estimate of drug-likeness (QED) is 0.729. The molecule has 1 aromatic carbocycles. The Kier molecular flexibility index (Phi) is 7.24. The van der Waals surface area contributed by atoms with Gasteiger partial charge in [0.2, 0.25) is 5.91 Å². The molecule has 0 aliphatic carbocycles. The molecule has 0 saturated carbocycles. The highest BCUT2D eigenvalue weighted by atomic mass is 32.2. The molecule has 0 fully saturated rings. The molecule has 1 aliphatic heterocycles. The molecule has 0 bridgehead atoms. The van der Waals surface area contributed by atoms with Gasteiger partial charge in [-0.1, -0.05) is 13.8 Å². The van der Waals surface area contributed by atoms with Crippen molar-refractivity contribution in [2.45, 2.75) is 37.6 Å². The smallest absolute Gasteiger partial charge is 0.223 e. The average Bonchev–Trinajstić information content (AvgIpc) is 2.58. The zero-order valence-electron chi connectivity index (χ0n) is 14.8. The summed E-state index contributed by atoms with van der Waals surface area (Å²) in [7, 11) is 1.85. The molecule has 134 valence electrons. The second-order valence-electron chi connectivity index (χ2n) is 6.42. The monoisotopic (exact) mass is 352 g/mol. The van der Waals surface area contributed by atoms with Crippen LogP contribution in [0.2, 0.25) is 0 Å². The Morgan fingerprint density at radius 2 is 2.00 bits per heavy atom. The maximum absolute atomic E-state index is 12.2. The summed E-state index contributed by atoms with van der Waals surface area (Å²) in [6.07, 6.45) is 1.36. The summed E-state index contributed by atoms with van der Waals surface area (Å²) >= 11 is 1.66. The van der Waals surface area contributed by atoms with Gasteiger partial charge < -0.3 is 20.1 Å². The lowest BCUT2D eigenvalue weighted by Crippen LogP contribution is -2.34. The van der Waals surface area contributed by atoms with E-state index in [-0.39, 0.29) is 11.9 Å². The Hall–Kier alpha value is -1.40. The predicted octanol–water partition coefficient (Wildman–Crippen LogP) is 2.77. The first-order valence-electron chi connectivity index (χ1n) is 8.49. The van der Waals surface area contributed by atoms with Crippen LogP contribution in [0, 0.1) is 5.92 Å². The minimum absolute atomic E-state index is 0.146. The lowest BCUT2D eigenvalue weighted by molar-refractivity contribution is -0.129. The molecule has 6 heteroatoms. The molecular weight excluding hydrogens is 324 g/mol. The highest BCUT2D eigenvalue weighted by Crippen LogP contribution is 2.34. The van der Waals surface area contributed by atoms with Gasteiger partial charge in [-0.25, -0.2) is 0 Å². The van der Waals surface area contributed by atoms with Gasteiger partial charge in [0.25, 0.3) is 0 Å². The fourth-order valence-electron chi connectivity index (χ4n) is 2.36. The normalized spacial score (nSPS) is 14.5. The first-order chi connectivity index (χ1) is 11.5. The Bertz CT molecular complexity index is 551. The van der Waals surface area contributed by atoms with Crippen LogP contribution in [0.4, 0.5) is 0 Å². The van der Waals surface area contributed by atoms with E-state index < -0.39 is 0 Å². The summed E-state index contributed by atoms with van der Waals surface area (Å²) in [6.45, 7) is 6.11. The van der Waals surface area contributed by atoms with Crippen molar-refractivity contribution < 1.29 is 14.3 Å². The second kappa shape index (κ2) is 9.18. The molecule has 0 saturated heterocycles. The predicted molar refractivity (Wildman–Crippen MR) is 97.8 cm³/mol. The number of ether oxygens (including phenoxy) is 2. The third-order valence-electron chi connectivity index (χ3n) is 4.18. The fraction of sp³-hybridized carbons (Fsp3) is 0.611. The fourth-order valence-corrected chi connectivity index (χ4v) is 3.23. The molecule has 0 spiro atoms. The van der Waals surface area contributed by atoms with E-state index in [4.69, 9.17) is 15.2 Å². The third-order valence-corrected chi connectivity index (χ3v) is 5.17. The molecule has 1 amide bonds. The molecule has 1 unspecified atom stereocenters. The Morgan fingerprint density at radius 1 is 1.29 bits per heavy atom. The third kappa shape index (κ3) is 5.60. The van der Waals surface area contributed by atoms with E-state index >= 15 is 0 Å². The van der Waals surface area contributed by atoms with Gasteiger partial charge in [0.1, 0.15) is 13.2 Å². The summed E-state index contributed by atoms with van der Waals surface area (Å²) in [5, 5.41) is 0. The van der Waals surface area contributed by atoms with Gasteiger partial charge in [-0.05, 0) is 30.5 Å². The first-order valence-corrected chi connectivity index (χ1v) is 9.48. The molecule has 2 rings (SSSR count). The number of rotatable bonds is 8. The van der Waals surface area contributed by atoms with Crippen LogP contribution in [-0.2, 0) is 4.79 Å². The van der Waals surface area contributed by atoms with Crippen LogP contribution in [-0.4, -0.2) is 49.4 Å². The number of carbonyl (C=O) groups excluding carboxylic acids is 1. The molecule has 0 radical (unpaired) electrons. The number of carbonyl (C=O) groups is 1. The van der Waals surface area contributed by atoms with Crippen LogP contribution in [0.25, 0.3) is 0 Å². The number of hydrogen-bond acceptors (Lipinski definition) is 5. The van der Waals surface area contributed by atoms with Crippen LogP contribution in [0.1, 0.15) is 26.7 Å². The van der Waals surface area contributed by atoms with Crippen molar-refractivity contribution in [1.82, 2.24) is 4.90 Å². The molecule has 2 N–H and O–H groups in total. The number of hydrogen-bond donors (Lipinski definition) is 1. The van der Waals surface area contributed by atoms with Crippen molar-refractivity contribution in [3.63, 3.8) is 0 Å². The average molecular weight is 353 g/mol. The topological polar surface area (TPSA) is 64.8 Å². The highest BCUT2D eigenvalue weighted by molar-refractivity contribution is 7.99. The largest absolute Gasteiger partial charge is 0.486 e. The summed E-state index contributed by atoms with van der Waals surface area (Å²) in [6, 6.07) is 6.06. The van der Waals surface area contributed by atoms with Crippen molar-refractivity contribution >= 4 is 17.7 Å². The molecule has 1 heterocycles. The summed E-state index contributed by atoms with van der Waals surface area (Å²) in [4.78, 5) is 15.1. The minimum Gasteiger partial charge on any atom is -0.486 e. The Morgan fingerprint density at radius 3 is 2.71 bits per heavy atom. The molecule has 5 nitrogen and oxygen atoms in total. The minimum atomic E-state index is 0.146. The van der Waals surface area contributed by atoms with Crippen LogP contribution in [0.5, 0.6) is 11.5 Å². The van der Waals surface area contributed by atoms with E-state index in [1.807, 2.05) is 25.2 Å². The van der Waals surface area contributed by atoms with E-state index in [2.05, 4.69) is 13.8 Å². The summed E-state index contributed by atoms with van der Waals surface area (Å²) in [5.41, 5.74) is 6.03. The maximum Gasteiger partial charge on any atom is 0.223 e. The number of thioether (sulfide) groups is 1. The van der Waals surface area contributed by atoms with E-state index in [1.165, 1.54) is 0 Å². The lowest BCUT2D eigenvalue weighted by Gasteiger charge is -2.21. The summed E-state index contributed by atoms with van der Waals surface area (Å²) in [5.74, 6) is 2.94. The van der Waals surface area contributed by atoms with Gasteiger partial charge in [0.15, 0.2) is 11.5 Å². The second-order valence-corrected chi connectivity index (χ2v) is 7.58. The van der Waals surface area contributed by atoms with Gasteiger partial charge in [-0.3, -0.25) is 4.79 Å². The van der Waals surface area contributed by atoms with Gasteiger partial charge in [-0.15, -0.1) is 11.8 Å². The standard InChI is InChI=1S/C18H28N2O3S/c1-13(2)15(19)6-8-20(3)18(21)7-11-24-14-4-5-16-17(12-14)23-10-9-22-16/h4-5,12-13,15H,6-11,19H2,1-3H3. The number of benzene rings is 1. The van der Waals surface area contributed by atoms with Gasteiger partial charge in [0.05, 0.1) is 0 Å². The van der Waals surface area contributed by atoms with Gasteiger partial charge in [0, 0.05) is 36.7 Å². The molecule has 24 heavy (non-hydrogen) atoms. The number of nitrogens with zero attached hydrogens (tertiary/aromatic N) is 1. The first kappa shape index (κ1) is 18.9. The van der Waals surface area contributed by atoms with E-state index in [0.29, 0.717) is 32.1 Å². The summed E-state index contributed by atoms with van der Waals surface area (Å²) < 4.78 is 11.1. The maximum atomic E-state index is 12.2. The van der Waals surface area contributed by atoms with Crippen molar-refractivity contribution in [2.24, 2.45) is 11.7 Å². The molecule has 1 aliphatic rings.